The van der Waals surface area contributed by atoms with E-state index in [1.165, 1.54) is 16.2 Å². The first-order chi connectivity index (χ1) is 12.3. The molecule has 0 saturated heterocycles. The van der Waals surface area contributed by atoms with Crippen molar-refractivity contribution in [2.45, 2.75) is 20.0 Å². The van der Waals surface area contributed by atoms with Crippen molar-refractivity contribution in [3.8, 4) is 0 Å². The van der Waals surface area contributed by atoms with Gasteiger partial charge in [0.05, 0.1) is 0 Å². The Morgan fingerprint density at radius 2 is 1.88 bits per heavy atom. The summed E-state index contributed by atoms with van der Waals surface area (Å²) in [6.45, 7) is 2.31. The number of halogens is 1. The number of fused-ring (bicyclic) bond motifs is 1. The van der Waals surface area contributed by atoms with Gasteiger partial charge in [0.1, 0.15) is 6.54 Å². The van der Waals surface area contributed by atoms with Crippen LogP contribution in [0, 0.1) is 6.92 Å². The highest BCUT2D eigenvalue weighted by Crippen LogP contribution is 2.16. The molecule has 1 amide bonds. The minimum atomic E-state index is -0.497. The van der Waals surface area contributed by atoms with Gasteiger partial charge in [-0.2, -0.15) is 0 Å². The Kier molecular flexibility index (Phi) is 4.82. The van der Waals surface area contributed by atoms with Crippen molar-refractivity contribution in [1.82, 2.24) is 24.0 Å². The number of nitrogens with one attached hydrogen (secondary N) is 1. The summed E-state index contributed by atoms with van der Waals surface area (Å²) in [7, 11) is 2.94. The molecule has 0 aliphatic carbocycles. The van der Waals surface area contributed by atoms with Crippen LogP contribution in [0.4, 0.5) is 0 Å². The number of carbonyl (C=O) groups excluding carboxylic acids is 1. The van der Waals surface area contributed by atoms with Gasteiger partial charge >= 0.3 is 5.69 Å². The van der Waals surface area contributed by atoms with Crippen molar-refractivity contribution in [2.24, 2.45) is 14.1 Å². The summed E-state index contributed by atoms with van der Waals surface area (Å²) in [4.78, 5) is 41.0. The van der Waals surface area contributed by atoms with Crippen LogP contribution in [0.3, 0.4) is 0 Å². The average Bonchev–Trinajstić information content (AvgIpc) is 2.94. The van der Waals surface area contributed by atoms with Gasteiger partial charge in [-0.1, -0.05) is 24.3 Å². The first-order valence-corrected chi connectivity index (χ1v) is 8.73. The molecule has 0 spiro atoms. The van der Waals surface area contributed by atoms with E-state index in [0.29, 0.717) is 16.9 Å². The van der Waals surface area contributed by atoms with Crippen molar-refractivity contribution >= 4 is 33.0 Å². The quantitative estimate of drug-likeness (QED) is 0.633. The molecular formula is C17H18BrN5O3. The van der Waals surface area contributed by atoms with Crippen molar-refractivity contribution in [3.05, 3.63) is 61.0 Å². The minimum absolute atomic E-state index is 0.0661. The zero-order valence-electron chi connectivity index (χ0n) is 14.6. The molecule has 0 unspecified atom stereocenters. The summed E-state index contributed by atoms with van der Waals surface area (Å²) in [5.41, 5.74) is 1.58. The van der Waals surface area contributed by atoms with Gasteiger partial charge in [-0.05, 0) is 34.0 Å². The van der Waals surface area contributed by atoms with E-state index >= 15 is 0 Å². The number of carbonyl (C=O) groups is 1. The number of aryl methyl sites for hydroxylation is 2. The molecule has 2 aromatic heterocycles. The summed E-state index contributed by atoms with van der Waals surface area (Å²) in [5.74, 6) is -0.249. The van der Waals surface area contributed by atoms with Crippen LogP contribution >= 0.6 is 15.9 Å². The molecule has 26 heavy (non-hydrogen) atoms. The largest absolute Gasteiger partial charge is 0.350 e. The smallest absolute Gasteiger partial charge is 0.332 e. The van der Waals surface area contributed by atoms with Gasteiger partial charge in [0.15, 0.2) is 15.9 Å². The zero-order chi connectivity index (χ0) is 19.0. The predicted octanol–water partition coefficient (Wildman–Crippen LogP) is 0.821. The van der Waals surface area contributed by atoms with Crippen molar-refractivity contribution < 1.29 is 4.79 Å². The van der Waals surface area contributed by atoms with Crippen LogP contribution in [0.1, 0.15) is 11.1 Å². The number of rotatable bonds is 4. The van der Waals surface area contributed by atoms with E-state index in [9.17, 15) is 14.4 Å². The lowest BCUT2D eigenvalue weighted by Gasteiger charge is -2.11. The maximum Gasteiger partial charge on any atom is 0.332 e. The van der Waals surface area contributed by atoms with E-state index in [1.807, 2.05) is 31.2 Å². The van der Waals surface area contributed by atoms with E-state index in [2.05, 4.69) is 26.2 Å². The Balaban J connectivity index is 1.90. The van der Waals surface area contributed by atoms with Gasteiger partial charge in [-0.25, -0.2) is 9.78 Å². The third-order valence-electron chi connectivity index (χ3n) is 4.33. The molecular weight excluding hydrogens is 402 g/mol. The Hall–Kier alpha value is -2.68. The number of nitrogens with zero attached hydrogens (tertiary/aromatic N) is 4. The van der Waals surface area contributed by atoms with E-state index in [-0.39, 0.29) is 18.0 Å². The van der Waals surface area contributed by atoms with Gasteiger partial charge in [-0.15, -0.1) is 0 Å². The molecule has 9 heteroatoms. The molecule has 0 saturated carbocycles. The zero-order valence-corrected chi connectivity index (χ0v) is 16.2. The summed E-state index contributed by atoms with van der Waals surface area (Å²) in [6, 6.07) is 7.79. The first-order valence-electron chi connectivity index (χ1n) is 7.94. The maximum atomic E-state index is 12.4. The highest BCUT2D eigenvalue weighted by molar-refractivity contribution is 9.10. The summed E-state index contributed by atoms with van der Waals surface area (Å²) >= 11 is 3.27. The normalized spacial score (nSPS) is 11.1. The van der Waals surface area contributed by atoms with Gasteiger partial charge in [0, 0.05) is 20.6 Å². The van der Waals surface area contributed by atoms with Gasteiger partial charge in [0.25, 0.3) is 5.56 Å². The van der Waals surface area contributed by atoms with Crippen LogP contribution in [-0.4, -0.2) is 24.6 Å². The fourth-order valence-corrected chi connectivity index (χ4v) is 3.28. The molecule has 0 fully saturated rings. The lowest BCUT2D eigenvalue weighted by Crippen LogP contribution is -2.38. The molecule has 1 aromatic carbocycles. The number of hydrogen-bond acceptors (Lipinski definition) is 4. The second-order valence-corrected chi connectivity index (χ2v) is 6.76. The molecule has 136 valence electrons. The minimum Gasteiger partial charge on any atom is -0.350 e. The van der Waals surface area contributed by atoms with Gasteiger partial charge in [-0.3, -0.25) is 23.3 Å². The standard InChI is InChI=1S/C17H18BrN5O3/c1-10-6-4-5-7-11(10)8-19-12(24)9-23-14-13(20-16(23)18)15(25)22(3)17(26)21(14)2/h4-7H,8-9H2,1-3H3,(H,19,24). The molecule has 8 nitrogen and oxygen atoms in total. The Morgan fingerprint density at radius 1 is 1.19 bits per heavy atom. The molecule has 0 aliphatic rings. The Labute approximate surface area is 157 Å². The SMILES string of the molecule is Cc1ccccc1CNC(=O)Cn1c(Br)nc2c(=O)n(C)c(=O)n(C)c21. The highest BCUT2D eigenvalue weighted by atomic mass is 79.9. The van der Waals surface area contributed by atoms with Crippen molar-refractivity contribution in [3.63, 3.8) is 0 Å². The van der Waals surface area contributed by atoms with Crippen molar-refractivity contribution in [1.29, 1.82) is 0 Å². The monoisotopic (exact) mass is 419 g/mol. The van der Waals surface area contributed by atoms with E-state index < -0.39 is 11.2 Å². The second kappa shape index (κ2) is 6.91. The highest BCUT2D eigenvalue weighted by Gasteiger charge is 2.19. The third-order valence-corrected chi connectivity index (χ3v) is 4.94. The first kappa shape index (κ1) is 18.1. The van der Waals surface area contributed by atoms with Crippen LogP contribution < -0.4 is 16.6 Å². The maximum absolute atomic E-state index is 12.4. The third kappa shape index (κ3) is 3.10. The lowest BCUT2D eigenvalue weighted by molar-refractivity contribution is -0.121. The summed E-state index contributed by atoms with van der Waals surface area (Å²) in [6.07, 6.45) is 0. The molecule has 3 aromatic rings. The molecule has 0 radical (unpaired) electrons. The summed E-state index contributed by atoms with van der Waals surface area (Å²) < 4.78 is 4.12. The number of amides is 1. The molecule has 0 bridgehead atoms. The van der Waals surface area contributed by atoms with E-state index in [4.69, 9.17) is 0 Å². The van der Waals surface area contributed by atoms with Gasteiger partial charge in [0.2, 0.25) is 5.91 Å². The lowest BCUT2D eigenvalue weighted by atomic mass is 10.1. The van der Waals surface area contributed by atoms with Crippen LogP contribution in [-0.2, 0) is 32.0 Å². The van der Waals surface area contributed by atoms with Crippen LogP contribution in [0.2, 0.25) is 0 Å². The summed E-state index contributed by atoms with van der Waals surface area (Å²) in [5, 5.41) is 2.85. The topological polar surface area (TPSA) is 90.9 Å². The fraction of sp³-hybridized carbons (Fsp3) is 0.294. The molecule has 2 heterocycles. The predicted molar refractivity (Wildman–Crippen MR) is 101 cm³/mol. The fourth-order valence-electron chi connectivity index (χ4n) is 2.80. The number of imidazole rings is 1. The molecule has 1 N–H and O–H groups in total. The van der Waals surface area contributed by atoms with Gasteiger partial charge < -0.3 is 5.32 Å². The number of benzene rings is 1. The van der Waals surface area contributed by atoms with Crippen LogP contribution in [0.5, 0.6) is 0 Å². The second-order valence-electron chi connectivity index (χ2n) is 6.05. The molecule has 3 rings (SSSR count). The average molecular weight is 420 g/mol. The Morgan fingerprint density at radius 3 is 2.58 bits per heavy atom. The number of hydrogen-bond donors (Lipinski definition) is 1. The van der Waals surface area contributed by atoms with Crippen LogP contribution in [0.25, 0.3) is 11.2 Å². The van der Waals surface area contributed by atoms with E-state index in [1.54, 1.807) is 7.05 Å². The Bertz CT molecular complexity index is 1130. The number of aromatic nitrogens is 4. The molecule has 0 atom stereocenters. The van der Waals surface area contributed by atoms with Crippen molar-refractivity contribution in [2.75, 3.05) is 0 Å². The van der Waals surface area contributed by atoms with E-state index in [0.717, 1.165) is 15.7 Å². The van der Waals surface area contributed by atoms with Crippen LogP contribution in [0.15, 0.2) is 38.6 Å². The molecule has 0 aliphatic heterocycles.